The van der Waals surface area contributed by atoms with Crippen molar-refractivity contribution in [1.82, 2.24) is 0 Å². The third-order valence-electron chi connectivity index (χ3n) is 3.23. The van der Waals surface area contributed by atoms with Gasteiger partial charge in [0.15, 0.2) is 5.78 Å². The van der Waals surface area contributed by atoms with Crippen LogP contribution in [0.4, 0.5) is 0 Å². The van der Waals surface area contributed by atoms with Crippen molar-refractivity contribution in [1.29, 1.82) is 0 Å². The van der Waals surface area contributed by atoms with Crippen LogP contribution in [-0.4, -0.2) is 5.78 Å². The number of hydrogen-bond donors (Lipinski definition) is 0. The number of carbonyl (C=O) groups excluding carboxylic acids is 1. The van der Waals surface area contributed by atoms with Crippen LogP contribution in [0.5, 0.6) is 0 Å². The number of aryl methyl sites for hydroxylation is 3. The Hall–Kier alpha value is -1.89. The average Bonchev–Trinajstić information content (AvgIpc) is 2.28. The molecule has 0 N–H and O–H groups in total. The Labute approximate surface area is 108 Å². The zero-order valence-electron chi connectivity index (χ0n) is 11.4. The van der Waals surface area contributed by atoms with E-state index in [1.165, 1.54) is 22.3 Å². The molecule has 0 atom stereocenters. The standard InChI is InChI=1S/C17H18O/c1-11-8-12(2)17(13(3)9-11)16-7-5-6-15(10-16)14(4)18/h5-10H,1-4H3. The predicted octanol–water partition coefficient (Wildman–Crippen LogP) is 4.48. The van der Waals surface area contributed by atoms with Crippen LogP contribution in [0.25, 0.3) is 11.1 Å². The Morgan fingerprint density at radius 2 is 1.56 bits per heavy atom. The Morgan fingerprint density at radius 3 is 2.11 bits per heavy atom. The van der Waals surface area contributed by atoms with E-state index in [1.807, 2.05) is 18.2 Å². The van der Waals surface area contributed by atoms with Gasteiger partial charge < -0.3 is 0 Å². The van der Waals surface area contributed by atoms with E-state index < -0.39 is 0 Å². The van der Waals surface area contributed by atoms with Crippen LogP contribution < -0.4 is 0 Å². The third kappa shape index (κ3) is 2.35. The summed E-state index contributed by atoms with van der Waals surface area (Å²) in [6.07, 6.45) is 0. The van der Waals surface area contributed by atoms with Crippen molar-refractivity contribution in [2.45, 2.75) is 27.7 Å². The second kappa shape index (κ2) is 4.77. The molecule has 0 aliphatic rings. The summed E-state index contributed by atoms with van der Waals surface area (Å²) in [5.74, 6) is 0.110. The first kappa shape index (κ1) is 12.6. The summed E-state index contributed by atoms with van der Waals surface area (Å²) in [7, 11) is 0. The molecule has 0 bridgehead atoms. The van der Waals surface area contributed by atoms with Crippen molar-refractivity contribution < 1.29 is 4.79 Å². The third-order valence-corrected chi connectivity index (χ3v) is 3.23. The summed E-state index contributed by atoms with van der Waals surface area (Å²) in [5.41, 5.74) is 6.92. The van der Waals surface area contributed by atoms with E-state index >= 15 is 0 Å². The summed E-state index contributed by atoms with van der Waals surface area (Å²) in [6, 6.07) is 12.2. The van der Waals surface area contributed by atoms with Gasteiger partial charge in [-0.15, -0.1) is 0 Å². The molecule has 0 saturated carbocycles. The minimum atomic E-state index is 0.110. The Bertz CT molecular complexity index is 586. The molecule has 0 spiro atoms. The van der Waals surface area contributed by atoms with E-state index in [4.69, 9.17) is 0 Å². The first-order valence-corrected chi connectivity index (χ1v) is 6.18. The molecule has 0 aliphatic carbocycles. The van der Waals surface area contributed by atoms with Crippen LogP contribution in [0.1, 0.15) is 34.0 Å². The van der Waals surface area contributed by atoms with Gasteiger partial charge in [0.05, 0.1) is 0 Å². The lowest BCUT2D eigenvalue weighted by atomic mass is 9.92. The number of Topliss-reactive ketones (excluding diaryl/α,β-unsaturated/α-hetero) is 1. The van der Waals surface area contributed by atoms with E-state index in [2.05, 4.69) is 39.0 Å². The van der Waals surface area contributed by atoms with Crippen molar-refractivity contribution in [3.05, 3.63) is 58.7 Å². The van der Waals surface area contributed by atoms with E-state index in [1.54, 1.807) is 6.92 Å². The lowest BCUT2D eigenvalue weighted by Gasteiger charge is -2.12. The molecule has 0 fully saturated rings. The van der Waals surface area contributed by atoms with Crippen molar-refractivity contribution in [3.8, 4) is 11.1 Å². The second-order valence-electron chi connectivity index (χ2n) is 4.91. The molecule has 0 saturated heterocycles. The highest BCUT2D eigenvalue weighted by Gasteiger charge is 2.08. The second-order valence-corrected chi connectivity index (χ2v) is 4.91. The molecule has 0 amide bonds. The normalized spacial score (nSPS) is 10.4. The SMILES string of the molecule is CC(=O)c1cccc(-c2c(C)cc(C)cc2C)c1. The highest BCUT2D eigenvalue weighted by atomic mass is 16.1. The monoisotopic (exact) mass is 238 g/mol. The number of ketones is 1. The molecule has 0 heterocycles. The van der Waals surface area contributed by atoms with Crippen LogP contribution in [0.3, 0.4) is 0 Å². The quantitative estimate of drug-likeness (QED) is 0.705. The Kier molecular flexibility index (Phi) is 3.33. The molecule has 0 aromatic heterocycles. The minimum Gasteiger partial charge on any atom is -0.295 e. The Balaban J connectivity index is 2.62. The van der Waals surface area contributed by atoms with Crippen molar-refractivity contribution in [2.24, 2.45) is 0 Å². The van der Waals surface area contributed by atoms with Gasteiger partial charge in [0.25, 0.3) is 0 Å². The van der Waals surface area contributed by atoms with Gasteiger partial charge in [-0.2, -0.15) is 0 Å². The summed E-state index contributed by atoms with van der Waals surface area (Å²) in [5, 5.41) is 0. The zero-order chi connectivity index (χ0) is 13.3. The number of rotatable bonds is 2. The maximum absolute atomic E-state index is 11.5. The molecule has 0 radical (unpaired) electrons. The maximum atomic E-state index is 11.5. The van der Waals surface area contributed by atoms with Gasteiger partial charge in [-0.1, -0.05) is 35.9 Å². The van der Waals surface area contributed by atoms with Gasteiger partial charge in [-0.3, -0.25) is 4.79 Å². The molecular weight excluding hydrogens is 220 g/mol. The molecule has 2 aromatic carbocycles. The Morgan fingerprint density at radius 1 is 0.944 bits per heavy atom. The molecule has 92 valence electrons. The van der Waals surface area contributed by atoms with E-state index in [9.17, 15) is 4.79 Å². The first-order valence-electron chi connectivity index (χ1n) is 6.18. The molecule has 18 heavy (non-hydrogen) atoms. The fourth-order valence-electron chi connectivity index (χ4n) is 2.53. The van der Waals surface area contributed by atoms with E-state index in [-0.39, 0.29) is 5.78 Å². The lowest BCUT2D eigenvalue weighted by Crippen LogP contribution is -1.94. The molecule has 0 aliphatic heterocycles. The van der Waals surface area contributed by atoms with Crippen molar-refractivity contribution >= 4 is 5.78 Å². The number of hydrogen-bond acceptors (Lipinski definition) is 1. The van der Waals surface area contributed by atoms with Gasteiger partial charge in [-0.05, 0) is 56.0 Å². The van der Waals surface area contributed by atoms with Crippen LogP contribution in [0.2, 0.25) is 0 Å². The summed E-state index contributed by atoms with van der Waals surface area (Å²) >= 11 is 0. The average molecular weight is 238 g/mol. The molecule has 1 nitrogen and oxygen atoms in total. The van der Waals surface area contributed by atoms with Crippen molar-refractivity contribution in [2.75, 3.05) is 0 Å². The predicted molar refractivity (Wildman–Crippen MR) is 76.1 cm³/mol. The molecule has 1 heteroatoms. The summed E-state index contributed by atoms with van der Waals surface area (Å²) in [6.45, 7) is 7.95. The molecular formula is C17H18O. The zero-order valence-corrected chi connectivity index (χ0v) is 11.4. The lowest BCUT2D eigenvalue weighted by molar-refractivity contribution is 0.101. The van der Waals surface area contributed by atoms with E-state index in [0.29, 0.717) is 0 Å². The topological polar surface area (TPSA) is 17.1 Å². The van der Waals surface area contributed by atoms with Gasteiger partial charge >= 0.3 is 0 Å². The van der Waals surface area contributed by atoms with Crippen molar-refractivity contribution in [3.63, 3.8) is 0 Å². The fraction of sp³-hybridized carbons (Fsp3) is 0.235. The summed E-state index contributed by atoms with van der Waals surface area (Å²) in [4.78, 5) is 11.5. The molecule has 0 unspecified atom stereocenters. The minimum absolute atomic E-state index is 0.110. The molecule has 2 aromatic rings. The van der Waals surface area contributed by atoms with Gasteiger partial charge in [-0.25, -0.2) is 0 Å². The first-order chi connectivity index (χ1) is 8.49. The highest BCUT2D eigenvalue weighted by molar-refractivity contribution is 5.95. The van der Waals surface area contributed by atoms with Gasteiger partial charge in [0, 0.05) is 5.56 Å². The van der Waals surface area contributed by atoms with Gasteiger partial charge in [0.1, 0.15) is 0 Å². The van der Waals surface area contributed by atoms with E-state index in [0.717, 1.165) is 11.1 Å². The van der Waals surface area contributed by atoms with Crippen LogP contribution in [0.15, 0.2) is 36.4 Å². The maximum Gasteiger partial charge on any atom is 0.159 e. The largest absolute Gasteiger partial charge is 0.295 e. The molecule has 2 rings (SSSR count). The highest BCUT2D eigenvalue weighted by Crippen LogP contribution is 2.28. The number of benzene rings is 2. The van der Waals surface area contributed by atoms with Crippen LogP contribution in [-0.2, 0) is 0 Å². The number of carbonyl (C=O) groups is 1. The van der Waals surface area contributed by atoms with Gasteiger partial charge in [0.2, 0.25) is 0 Å². The van der Waals surface area contributed by atoms with Crippen LogP contribution >= 0.6 is 0 Å². The smallest absolute Gasteiger partial charge is 0.159 e. The summed E-state index contributed by atoms with van der Waals surface area (Å²) < 4.78 is 0. The van der Waals surface area contributed by atoms with Crippen LogP contribution in [0, 0.1) is 20.8 Å². The fourth-order valence-corrected chi connectivity index (χ4v) is 2.53.